The fraction of sp³-hybridized carbons (Fsp3) is 0.130. The average Bonchev–Trinajstić information content (AvgIpc) is 2.75. The van der Waals surface area contributed by atoms with Gasteiger partial charge in [-0.1, -0.05) is 35.9 Å². The second kappa shape index (κ2) is 9.26. The van der Waals surface area contributed by atoms with E-state index in [1.165, 1.54) is 0 Å². The minimum atomic E-state index is -0.181. The zero-order chi connectivity index (χ0) is 20.8. The van der Waals surface area contributed by atoms with E-state index < -0.39 is 0 Å². The molecule has 2 amide bonds. The third kappa shape index (κ3) is 5.36. The molecule has 2 N–H and O–H groups in total. The number of rotatable bonds is 6. The molecule has 0 atom stereocenters. The molecule has 0 fully saturated rings. The zero-order valence-electron chi connectivity index (χ0n) is 16.3. The van der Waals surface area contributed by atoms with Gasteiger partial charge in [-0.05, 0) is 61.0 Å². The molecule has 3 aromatic rings. The number of benzene rings is 3. The van der Waals surface area contributed by atoms with Gasteiger partial charge in [-0.2, -0.15) is 0 Å². The third-order valence-corrected chi connectivity index (χ3v) is 4.74. The number of hydrogen-bond donors (Lipinski definition) is 2. The molecule has 0 aromatic heterocycles. The molecule has 3 aromatic carbocycles. The Kier molecular flexibility index (Phi) is 6.52. The SMILES string of the molecule is Cc1ccc(Cl)cc1NC(=O)CNc1ccc(C(=O)N(C)c2ccccc2)cc1. The van der Waals surface area contributed by atoms with Crippen molar-refractivity contribution in [1.29, 1.82) is 0 Å². The van der Waals surface area contributed by atoms with Crippen molar-refractivity contribution < 1.29 is 9.59 Å². The van der Waals surface area contributed by atoms with Gasteiger partial charge in [0.2, 0.25) is 5.91 Å². The van der Waals surface area contributed by atoms with Crippen LogP contribution in [0.25, 0.3) is 0 Å². The van der Waals surface area contributed by atoms with Crippen LogP contribution in [-0.2, 0) is 4.79 Å². The van der Waals surface area contributed by atoms with Gasteiger partial charge < -0.3 is 15.5 Å². The molecule has 0 aliphatic heterocycles. The third-order valence-electron chi connectivity index (χ3n) is 4.51. The largest absolute Gasteiger partial charge is 0.376 e. The Labute approximate surface area is 175 Å². The average molecular weight is 408 g/mol. The maximum absolute atomic E-state index is 12.6. The molecule has 5 nitrogen and oxygen atoms in total. The highest BCUT2D eigenvalue weighted by molar-refractivity contribution is 6.31. The zero-order valence-corrected chi connectivity index (χ0v) is 17.0. The molecule has 29 heavy (non-hydrogen) atoms. The highest BCUT2D eigenvalue weighted by Gasteiger charge is 2.13. The molecule has 0 aliphatic rings. The van der Waals surface area contributed by atoms with Crippen molar-refractivity contribution in [3.05, 3.63) is 88.9 Å². The fourth-order valence-corrected chi connectivity index (χ4v) is 2.97. The lowest BCUT2D eigenvalue weighted by atomic mass is 10.1. The van der Waals surface area contributed by atoms with E-state index in [9.17, 15) is 9.59 Å². The number of amides is 2. The van der Waals surface area contributed by atoms with Crippen molar-refractivity contribution in [2.24, 2.45) is 0 Å². The Morgan fingerprint density at radius 2 is 1.66 bits per heavy atom. The normalized spacial score (nSPS) is 10.3. The van der Waals surface area contributed by atoms with Crippen LogP contribution >= 0.6 is 11.6 Å². The molecule has 3 rings (SSSR count). The molecular weight excluding hydrogens is 386 g/mol. The molecule has 0 heterocycles. The molecule has 0 spiro atoms. The van der Waals surface area contributed by atoms with Gasteiger partial charge >= 0.3 is 0 Å². The van der Waals surface area contributed by atoms with E-state index >= 15 is 0 Å². The van der Waals surface area contributed by atoms with Gasteiger partial charge in [-0.15, -0.1) is 0 Å². The number of anilines is 3. The van der Waals surface area contributed by atoms with Crippen molar-refractivity contribution in [2.75, 3.05) is 29.1 Å². The fourth-order valence-electron chi connectivity index (χ4n) is 2.80. The van der Waals surface area contributed by atoms with Crippen LogP contribution < -0.4 is 15.5 Å². The minimum Gasteiger partial charge on any atom is -0.376 e. The van der Waals surface area contributed by atoms with Crippen LogP contribution in [0.3, 0.4) is 0 Å². The standard InChI is InChI=1S/C23H22ClN3O2/c1-16-8-11-18(24)14-21(16)26-22(28)15-25-19-12-9-17(10-13-19)23(29)27(2)20-6-4-3-5-7-20/h3-14,25H,15H2,1-2H3,(H,26,28). The lowest BCUT2D eigenvalue weighted by molar-refractivity contribution is -0.114. The van der Waals surface area contributed by atoms with E-state index in [2.05, 4.69) is 10.6 Å². The second-order valence-corrected chi connectivity index (χ2v) is 7.07. The summed E-state index contributed by atoms with van der Waals surface area (Å²) >= 11 is 5.98. The van der Waals surface area contributed by atoms with Gasteiger partial charge in [0.25, 0.3) is 5.91 Å². The van der Waals surface area contributed by atoms with Gasteiger partial charge in [0.05, 0.1) is 6.54 Å². The van der Waals surface area contributed by atoms with Gasteiger partial charge in [0.15, 0.2) is 0 Å². The number of nitrogens with zero attached hydrogens (tertiary/aromatic N) is 1. The van der Waals surface area contributed by atoms with E-state index in [1.807, 2.05) is 43.3 Å². The number of nitrogens with one attached hydrogen (secondary N) is 2. The monoisotopic (exact) mass is 407 g/mol. The smallest absolute Gasteiger partial charge is 0.258 e. The summed E-state index contributed by atoms with van der Waals surface area (Å²) < 4.78 is 0. The highest BCUT2D eigenvalue weighted by Crippen LogP contribution is 2.20. The maximum Gasteiger partial charge on any atom is 0.258 e. The van der Waals surface area contributed by atoms with Gasteiger partial charge in [-0.3, -0.25) is 9.59 Å². The summed E-state index contributed by atoms with van der Waals surface area (Å²) in [7, 11) is 1.74. The quantitative estimate of drug-likeness (QED) is 0.606. The second-order valence-electron chi connectivity index (χ2n) is 6.64. The van der Waals surface area contributed by atoms with Crippen molar-refractivity contribution in [3.63, 3.8) is 0 Å². The summed E-state index contributed by atoms with van der Waals surface area (Å²) in [4.78, 5) is 26.4. The number of halogens is 1. The number of carbonyl (C=O) groups excluding carboxylic acids is 2. The first-order chi connectivity index (χ1) is 13.9. The first-order valence-corrected chi connectivity index (χ1v) is 9.55. The predicted molar refractivity (Wildman–Crippen MR) is 119 cm³/mol. The molecule has 0 saturated heterocycles. The Morgan fingerprint density at radius 3 is 2.34 bits per heavy atom. The van der Waals surface area contributed by atoms with Crippen molar-refractivity contribution >= 4 is 40.5 Å². The van der Waals surface area contributed by atoms with Crippen LogP contribution in [0, 0.1) is 6.92 Å². The molecule has 0 aliphatic carbocycles. The van der Waals surface area contributed by atoms with Crippen molar-refractivity contribution in [1.82, 2.24) is 0 Å². The van der Waals surface area contributed by atoms with E-state index in [0.29, 0.717) is 16.3 Å². The lowest BCUT2D eigenvalue weighted by Gasteiger charge is -2.17. The predicted octanol–water partition coefficient (Wildman–Crippen LogP) is 4.98. The first-order valence-electron chi connectivity index (χ1n) is 9.17. The molecule has 0 radical (unpaired) electrons. The topological polar surface area (TPSA) is 61.4 Å². The summed E-state index contributed by atoms with van der Waals surface area (Å²) in [6.07, 6.45) is 0. The van der Waals surface area contributed by atoms with Crippen molar-refractivity contribution in [2.45, 2.75) is 6.92 Å². The molecular formula is C23H22ClN3O2. The maximum atomic E-state index is 12.6. The molecule has 0 bridgehead atoms. The summed E-state index contributed by atoms with van der Waals surface area (Å²) in [6.45, 7) is 2.00. The lowest BCUT2D eigenvalue weighted by Crippen LogP contribution is -2.26. The number of carbonyl (C=O) groups is 2. The molecule has 0 unspecified atom stereocenters. The van der Waals surface area contributed by atoms with Crippen LogP contribution in [0.2, 0.25) is 5.02 Å². The number of hydrogen-bond acceptors (Lipinski definition) is 3. The Hall–Kier alpha value is -3.31. The van der Waals surface area contributed by atoms with Gasteiger partial charge in [0, 0.05) is 34.7 Å². The minimum absolute atomic E-state index is 0.100. The van der Waals surface area contributed by atoms with Crippen LogP contribution in [0.1, 0.15) is 15.9 Å². The summed E-state index contributed by atoms with van der Waals surface area (Å²) in [6, 6.07) is 21.9. The van der Waals surface area contributed by atoms with Crippen molar-refractivity contribution in [3.8, 4) is 0 Å². The molecule has 0 saturated carbocycles. The molecule has 6 heteroatoms. The Morgan fingerprint density at radius 1 is 0.966 bits per heavy atom. The summed E-state index contributed by atoms with van der Waals surface area (Å²) in [5.41, 5.74) is 3.78. The van der Waals surface area contributed by atoms with Gasteiger partial charge in [0.1, 0.15) is 0 Å². The van der Waals surface area contributed by atoms with Crippen LogP contribution in [0.5, 0.6) is 0 Å². The van der Waals surface area contributed by atoms with E-state index in [0.717, 1.165) is 16.9 Å². The van der Waals surface area contributed by atoms with Crippen LogP contribution in [0.4, 0.5) is 17.1 Å². The number of para-hydroxylation sites is 1. The summed E-state index contributed by atoms with van der Waals surface area (Å²) in [5, 5.41) is 6.46. The Balaban J connectivity index is 1.57. The highest BCUT2D eigenvalue weighted by atomic mass is 35.5. The number of aryl methyl sites for hydroxylation is 1. The molecule has 148 valence electrons. The van der Waals surface area contributed by atoms with Crippen LogP contribution in [0.15, 0.2) is 72.8 Å². The van der Waals surface area contributed by atoms with Gasteiger partial charge in [-0.25, -0.2) is 0 Å². The van der Waals surface area contributed by atoms with E-state index in [1.54, 1.807) is 48.3 Å². The first kappa shape index (κ1) is 20.4. The van der Waals surface area contributed by atoms with E-state index in [-0.39, 0.29) is 18.4 Å². The van der Waals surface area contributed by atoms with Crippen LogP contribution in [-0.4, -0.2) is 25.4 Å². The van der Waals surface area contributed by atoms with E-state index in [4.69, 9.17) is 11.6 Å². The Bertz CT molecular complexity index is 1000. The summed E-state index contributed by atoms with van der Waals surface area (Å²) in [5.74, 6) is -0.281.